The zero-order valence-electron chi connectivity index (χ0n) is 16.8. The molecule has 1 aliphatic heterocycles. The predicted molar refractivity (Wildman–Crippen MR) is 117 cm³/mol. The zero-order chi connectivity index (χ0) is 17.7. The van der Waals surface area contributed by atoms with E-state index in [2.05, 4.69) is 31.4 Å². The van der Waals surface area contributed by atoms with Crippen molar-refractivity contribution in [1.29, 1.82) is 0 Å². The summed E-state index contributed by atoms with van der Waals surface area (Å²) in [6, 6.07) is 0.539. The molecule has 0 aromatic rings. The minimum atomic E-state index is 0. The Hall–Kier alpha value is -0.0800. The van der Waals surface area contributed by atoms with E-state index >= 15 is 0 Å². The van der Waals surface area contributed by atoms with Gasteiger partial charge in [-0.25, -0.2) is 0 Å². The molecule has 1 heterocycles. The van der Waals surface area contributed by atoms with E-state index in [1.807, 2.05) is 0 Å². The standard InChI is InChI=1S/C20H37N3O2.HI/c1-4-21-19(22-11-7-12-24-14-15(2)3)23-17-16-8-13-25-18(16)20(17)9-5-6-10-20;/h15-18H,4-14H2,1-3H3,(H2,21,22,23);1H. The normalized spacial score (nSPS) is 29.4. The third-order valence-corrected chi connectivity index (χ3v) is 6.09. The quantitative estimate of drug-likeness (QED) is 0.242. The van der Waals surface area contributed by atoms with Crippen LogP contribution in [-0.2, 0) is 9.47 Å². The zero-order valence-corrected chi connectivity index (χ0v) is 19.1. The average molecular weight is 479 g/mol. The monoisotopic (exact) mass is 479 g/mol. The van der Waals surface area contributed by atoms with Crippen molar-refractivity contribution in [2.45, 2.75) is 71.4 Å². The lowest BCUT2D eigenvalue weighted by atomic mass is 9.54. The lowest BCUT2D eigenvalue weighted by Gasteiger charge is -2.57. The molecule has 0 radical (unpaired) electrons. The van der Waals surface area contributed by atoms with Gasteiger partial charge in [0, 0.05) is 50.3 Å². The molecule has 0 bridgehead atoms. The van der Waals surface area contributed by atoms with Crippen molar-refractivity contribution in [2.24, 2.45) is 22.2 Å². The third-order valence-electron chi connectivity index (χ3n) is 6.09. The summed E-state index contributed by atoms with van der Waals surface area (Å²) in [5, 5.41) is 7.22. The van der Waals surface area contributed by atoms with Crippen molar-refractivity contribution in [2.75, 3.05) is 32.9 Å². The summed E-state index contributed by atoms with van der Waals surface area (Å²) in [4.78, 5) is 4.79. The van der Waals surface area contributed by atoms with Gasteiger partial charge < -0.3 is 20.1 Å². The maximum atomic E-state index is 6.09. The van der Waals surface area contributed by atoms with Crippen molar-refractivity contribution >= 4 is 29.9 Å². The van der Waals surface area contributed by atoms with Gasteiger partial charge in [0.05, 0.1) is 6.10 Å². The molecule has 0 aromatic heterocycles. The highest BCUT2D eigenvalue weighted by molar-refractivity contribution is 14.0. The SMILES string of the molecule is CCNC(=NCCCOCC(C)C)NC1C2CCOC2C12CCCC2.I. The number of ether oxygens (including phenoxy) is 2. The second kappa shape index (κ2) is 10.5. The van der Waals surface area contributed by atoms with Gasteiger partial charge in [-0.15, -0.1) is 24.0 Å². The second-order valence-corrected chi connectivity index (χ2v) is 8.39. The first kappa shape index (κ1) is 22.2. The van der Waals surface area contributed by atoms with E-state index < -0.39 is 0 Å². The van der Waals surface area contributed by atoms with Crippen LogP contribution in [0.25, 0.3) is 0 Å². The first-order valence-corrected chi connectivity index (χ1v) is 10.4. The van der Waals surface area contributed by atoms with Gasteiger partial charge in [0.1, 0.15) is 0 Å². The Labute approximate surface area is 176 Å². The number of nitrogens with one attached hydrogen (secondary N) is 2. The van der Waals surface area contributed by atoms with Crippen molar-refractivity contribution in [3.63, 3.8) is 0 Å². The summed E-state index contributed by atoms with van der Waals surface area (Å²) in [7, 11) is 0. The Balaban J connectivity index is 0.00000243. The van der Waals surface area contributed by atoms with Crippen LogP contribution in [0, 0.1) is 17.3 Å². The van der Waals surface area contributed by atoms with E-state index in [9.17, 15) is 0 Å². The molecule has 2 N–H and O–H groups in total. The summed E-state index contributed by atoms with van der Waals surface area (Å²) in [6.07, 6.45) is 8.01. The van der Waals surface area contributed by atoms with E-state index in [1.165, 1.54) is 32.1 Å². The molecular formula is C20H38IN3O2. The maximum Gasteiger partial charge on any atom is 0.191 e. The van der Waals surface area contributed by atoms with Crippen molar-refractivity contribution in [1.82, 2.24) is 10.6 Å². The lowest BCUT2D eigenvalue weighted by molar-refractivity contribution is -0.125. The van der Waals surface area contributed by atoms with Gasteiger partial charge in [-0.2, -0.15) is 0 Å². The molecule has 0 amide bonds. The fourth-order valence-corrected chi connectivity index (χ4v) is 5.05. The molecule has 3 fully saturated rings. The van der Waals surface area contributed by atoms with E-state index in [-0.39, 0.29) is 24.0 Å². The lowest BCUT2D eigenvalue weighted by Crippen LogP contribution is -2.69. The Morgan fingerprint density at radius 3 is 2.77 bits per heavy atom. The van der Waals surface area contributed by atoms with E-state index in [0.29, 0.717) is 29.4 Å². The number of halogens is 1. The smallest absolute Gasteiger partial charge is 0.191 e. The number of nitrogens with zero attached hydrogens (tertiary/aromatic N) is 1. The number of fused-ring (bicyclic) bond motifs is 2. The van der Waals surface area contributed by atoms with Crippen LogP contribution in [0.1, 0.15) is 59.3 Å². The van der Waals surface area contributed by atoms with Gasteiger partial charge in [0.15, 0.2) is 5.96 Å². The van der Waals surface area contributed by atoms with Crippen LogP contribution in [-0.4, -0.2) is 51.0 Å². The van der Waals surface area contributed by atoms with Gasteiger partial charge >= 0.3 is 0 Å². The number of aliphatic imine (C=N–C) groups is 1. The van der Waals surface area contributed by atoms with Crippen LogP contribution >= 0.6 is 24.0 Å². The molecule has 3 unspecified atom stereocenters. The largest absolute Gasteiger partial charge is 0.381 e. The van der Waals surface area contributed by atoms with Gasteiger partial charge in [0.2, 0.25) is 0 Å². The van der Waals surface area contributed by atoms with Crippen molar-refractivity contribution in [3.05, 3.63) is 0 Å². The number of rotatable bonds is 8. The van der Waals surface area contributed by atoms with Crippen LogP contribution in [0.2, 0.25) is 0 Å². The Morgan fingerprint density at radius 1 is 1.31 bits per heavy atom. The predicted octanol–water partition coefficient (Wildman–Crippen LogP) is 3.57. The van der Waals surface area contributed by atoms with Crippen LogP contribution in [0.4, 0.5) is 0 Å². The van der Waals surface area contributed by atoms with Crippen LogP contribution in [0.15, 0.2) is 4.99 Å². The minimum Gasteiger partial charge on any atom is -0.381 e. The molecule has 26 heavy (non-hydrogen) atoms. The van der Waals surface area contributed by atoms with E-state index in [1.54, 1.807) is 0 Å². The summed E-state index contributed by atoms with van der Waals surface area (Å²) in [5.74, 6) is 2.26. The van der Waals surface area contributed by atoms with Crippen LogP contribution in [0.3, 0.4) is 0 Å². The molecule has 3 rings (SSSR count). The van der Waals surface area contributed by atoms with Gasteiger partial charge in [-0.3, -0.25) is 4.99 Å². The molecule has 2 saturated carbocycles. The van der Waals surface area contributed by atoms with Gasteiger partial charge in [0.25, 0.3) is 0 Å². The Bertz CT molecular complexity index is 452. The molecule has 2 aliphatic carbocycles. The fraction of sp³-hybridized carbons (Fsp3) is 0.950. The highest BCUT2D eigenvalue weighted by Crippen LogP contribution is 2.60. The van der Waals surface area contributed by atoms with E-state index in [0.717, 1.165) is 45.3 Å². The molecule has 6 heteroatoms. The molecule has 1 saturated heterocycles. The summed E-state index contributed by atoms with van der Waals surface area (Å²) in [6.45, 7) is 10.8. The molecule has 152 valence electrons. The fourth-order valence-electron chi connectivity index (χ4n) is 5.05. The Kier molecular flexibility index (Phi) is 8.94. The number of guanidine groups is 1. The van der Waals surface area contributed by atoms with Crippen LogP contribution < -0.4 is 10.6 Å². The van der Waals surface area contributed by atoms with Gasteiger partial charge in [-0.1, -0.05) is 26.7 Å². The maximum absolute atomic E-state index is 6.09. The molecular weight excluding hydrogens is 441 g/mol. The molecule has 0 aromatic carbocycles. The van der Waals surface area contributed by atoms with Crippen LogP contribution in [0.5, 0.6) is 0 Å². The summed E-state index contributed by atoms with van der Waals surface area (Å²) < 4.78 is 11.7. The molecule has 3 aliphatic rings. The second-order valence-electron chi connectivity index (χ2n) is 8.39. The number of hydrogen-bond acceptors (Lipinski definition) is 3. The highest BCUT2D eigenvalue weighted by atomic mass is 127. The average Bonchev–Trinajstić information content (AvgIpc) is 3.23. The topological polar surface area (TPSA) is 54.9 Å². The molecule has 1 spiro atoms. The molecule has 5 nitrogen and oxygen atoms in total. The number of hydrogen-bond donors (Lipinski definition) is 2. The first-order chi connectivity index (χ1) is 12.2. The van der Waals surface area contributed by atoms with Crippen molar-refractivity contribution in [3.8, 4) is 0 Å². The molecule has 3 atom stereocenters. The highest BCUT2D eigenvalue weighted by Gasteiger charge is 2.65. The summed E-state index contributed by atoms with van der Waals surface area (Å²) >= 11 is 0. The first-order valence-electron chi connectivity index (χ1n) is 10.4. The Morgan fingerprint density at radius 2 is 2.08 bits per heavy atom. The minimum absolute atomic E-state index is 0. The van der Waals surface area contributed by atoms with Crippen molar-refractivity contribution < 1.29 is 9.47 Å². The van der Waals surface area contributed by atoms with Gasteiger partial charge in [-0.05, 0) is 38.5 Å². The van der Waals surface area contributed by atoms with E-state index in [4.69, 9.17) is 14.5 Å². The third kappa shape index (κ3) is 4.85. The summed E-state index contributed by atoms with van der Waals surface area (Å²) in [5.41, 5.74) is 0.373.